The molecular formula is C13H16N2O3S. The van der Waals surface area contributed by atoms with Crippen molar-refractivity contribution in [2.24, 2.45) is 0 Å². The van der Waals surface area contributed by atoms with Crippen LogP contribution in [0.5, 0.6) is 0 Å². The van der Waals surface area contributed by atoms with Crippen LogP contribution in [0, 0.1) is 11.3 Å². The number of nitrogens with zero attached hydrogens (tertiary/aromatic N) is 2. The van der Waals surface area contributed by atoms with Gasteiger partial charge in [-0.3, -0.25) is 0 Å². The van der Waals surface area contributed by atoms with E-state index in [4.69, 9.17) is 5.26 Å². The summed E-state index contributed by atoms with van der Waals surface area (Å²) in [5, 5.41) is 19.0. The standard InChI is InChI=1S/C13H16N2O3S/c1-2-7-13(16)9-15(10-13)19(17,18)12-6-4-3-5-11(12)8-14/h3-6,16H,2,7,9-10H2,1H3. The van der Waals surface area contributed by atoms with Gasteiger partial charge in [-0.25, -0.2) is 8.42 Å². The topological polar surface area (TPSA) is 81.4 Å². The van der Waals surface area contributed by atoms with Crippen molar-refractivity contribution in [2.45, 2.75) is 30.3 Å². The Kier molecular flexibility index (Phi) is 3.63. The summed E-state index contributed by atoms with van der Waals surface area (Å²) < 4.78 is 25.9. The molecule has 1 aromatic rings. The van der Waals surface area contributed by atoms with Crippen LogP contribution in [0.3, 0.4) is 0 Å². The lowest BCUT2D eigenvalue weighted by Gasteiger charge is -2.45. The average molecular weight is 280 g/mol. The van der Waals surface area contributed by atoms with Gasteiger partial charge >= 0.3 is 0 Å². The van der Waals surface area contributed by atoms with Gasteiger partial charge in [-0.05, 0) is 18.6 Å². The molecule has 0 radical (unpaired) electrons. The van der Waals surface area contributed by atoms with E-state index in [9.17, 15) is 13.5 Å². The van der Waals surface area contributed by atoms with Crippen LogP contribution in [0.1, 0.15) is 25.3 Å². The smallest absolute Gasteiger partial charge is 0.244 e. The monoisotopic (exact) mass is 280 g/mol. The zero-order chi connectivity index (χ0) is 14.1. The quantitative estimate of drug-likeness (QED) is 0.895. The molecule has 6 heteroatoms. The molecule has 1 aliphatic rings. The number of β-amino-alcohol motifs (C(OH)–C–C–N with tert-alkyl or cyclic N) is 1. The molecule has 0 amide bonds. The minimum atomic E-state index is -3.68. The minimum absolute atomic E-state index is 0.0102. The zero-order valence-corrected chi connectivity index (χ0v) is 11.5. The van der Waals surface area contributed by atoms with Crippen molar-refractivity contribution < 1.29 is 13.5 Å². The Morgan fingerprint density at radius 3 is 2.63 bits per heavy atom. The Labute approximate surface area is 113 Å². The molecule has 1 saturated heterocycles. The van der Waals surface area contributed by atoms with Gasteiger partial charge in [0.05, 0.1) is 16.1 Å². The molecule has 102 valence electrons. The number of hydrogen-bond donors (Lipinski definition) is 1. The van der Waals surface area contributed by atoms with Crippen molar-refractivity contribution >= 4 is 10.0 Å². The third-order valence-electron chi connectivity index (χ3n) is 3.28. The molecule has 2 rings (SSSR count). The van der Waals surface area contributed by atoms with E-state index in [-0.39, 0.29) is 23.5 Å². The maximum atomic E-state index is 12.3. The van der Waals surface area contributed by atoms with Crippen molar-refractivity contribution in [1.82, 2.24) is 4.31 Å². The fraction of sp³-hybridized carbons (Fsp3) is 0.462. The maximum absolute atomic E-state index is 12.3. The molecule has 0 atom stereocenters. The lowest BCUT2D eigenvalue weighted by molar-refractivity contribution is -0.0653. The first-order valence-electron chi connectivity index (χ1n) is 6.14. The highest BCUT2D eigenvalue weighted by Gasteiger charge is 2.46. The number of benzene rings is 1. The summed E-state index contributed by atoms with van der Waals surface area (Å²) in [5.41, 5.74) is -0.780. The Balaban J connectivity index is 2.24. The Hall–Kier alpha value is -1.42. The van der Waals surface area contributed by atoms with E-state index in [1.165, 1.54) is 16.4 Å². The molecule has 1 aliphatic heterocycles. The highest BCUT2D eigenvalue weighted by atomic mass is 32.2. The van der Waals surface area contributed by atoms with Gasteiger partial charge in [0.15, 0.2) is 0 Å². The van der Waals surface area contributed by atoms with E-state index in [0.717, 1.165) is 6.42 Å². The summed E-state index contributed by atoms with van der Waals surface area (Å²) in [6.45, 7) is 2.14. The van der Waals surface area contributed by atoms with Crippen LogP contribution in [0.2, 0.25) is 0 Å². The first kappa shape index (κ1) is 14.0. The largest absolute Gasteiger partial charge is 0.387 e. The second kappa shape index (κ2) is 4.93. The maximum Gasteiger partial charge on any atom is 0.244 e. The molecule has 1 aromatic carbocycles. The van der Waals surface area contributed by atoms with Crippen LogP contribution < -0.4 is 0 Å². The molecule has 0 saturated carbocycles. The van der Waals surface area contributed by atoms with Crippen LogP contribution in [0.25, 0.3) is 0 Å². The zero-order valence-electron chi connectivity index (χ0n) is 10.7. The van der Waals surface area contributed by atoms with E-state index >= 15 is 0 Å². The molecule has 5 nitrogen and oxygen atoms in total. The Morgan fingerprint density at radius 2 is 2.05 bits per heavy atom. The molecular weight excluding hydrogens is 264 g/mol. The van der Waals surface area contributed by atoms with Gasteiger partial charge in [0.2, 0.25) is 10.0 Å². The van der Waals surface area contributed by atoms with E-state index < -0.39 is 15.6 Å². The molecule has 1 heterocycles. The van der Waals surface area contributed by atoms with Gasteiger partial charge in [0.1, 0.15) is 6.07 Å². The predicted molar refractivity (Wildman–Crippen MR) is 69.8 cm³/mol. The van der Waals surface area contributed by atoms with Gasteiger partial charge in [-0.15, -0.1) is 0 Å². The molecule has 0 spiro atoms. The number of hydrogen-bond acceptors (Lipinski definition) is 4. The normalized spacial score (nSPS) is 18.6. The van der Waals surface area contributed by atoms with Gasteiger partial charge < -0.3 is 5.11 Å². The number of rotatable bonds is 4. The van der Waals surface area contributed by atoms with Crippen molar-refractivity contribution in [3.8, 4) is 6.07 Å². The summed E-state index contributed by atoms with van der Waals surface area (Å²) in [4.78, 5) is 0.0102. The molecule has 1 fully saturated rings. The average Bonchev–Trinajstić information content (AvgIpc) is 2.36. The van der Waals surface area contributed by atoms with E-state index in [1.54, 1.807) is 12.1 Å². The van der Waals surface area contributed by atoms with Crippen LogP contribution in [-0.2, 0) is 10.0 Å². The van der Waals surface area contributed by atoms with Crippen molar-refractivity contribution in [2.75, 3.05) is 13.1 Å². The predicted octanol–water partition coefficient (Wildman–Crippen LogP) is 1.09. The van der Waals surface area contributed by atoms with Crippen LogP contribution in [0.15, 0.2) is 29.2 Å². The van der Waals surface area contributed by atoms with Gasteiger partial charge in [0.25, 0.3) is 0 Å². The van der Waals surface area contributed by atoms with E-state index in [1.807, 2.05) is 13.0 Å². The molecule has 0 bridgehead atoms. The summed E-state index contributed by atoms with van der Waals surface area (Å²) >= 11 is 0. The number of sulfonamides is 1. The fourth-order valence-electron chi connectivity index (χ4n) is 2.33. The van der Waals surface area contributed by atoms with Crippen LogP contribution in [-0.4, -0.2) is 36.5 Å². The lowest BCUT2D eigenvalue weighted by atomic mass is 9.92. The second-order valence-electron chi connectivity index (χ2n) is 4.86. The van der Waals surface area contributed by atoms with E-state index in [0.29, 0.717) is 6.42 Å². The highest BCUT2D eigenvalue weighted by molar-refractivity contribution is 7.89. The van der Waals surface area contributed by atoms with Crippen molar-refractivity contribution in [3.63, 3.8) is 0 Å². The summed E-state index contributed by atoms with van der Waals surface area (Å²) in [7, 11) is -3.68. The second-order valence-corrected chi connectivity index (χ2v) is 6.76. The van der Waals surface area contributed by atoms with Crippen molar-refractivity contribution in [1.29, 1.82) is 5.26 Å². The van der Waals surface area contributed by atoms with Gasteiger partial charge in [-0.1, -0.05) is 25.5 Å². The molecule has 0 unspecified atom stereocenters. The summed E-state index contributed by atoms with van der Waals surface area (Å²) in [5.74, 6) is 0. The molecule has 0 aliphatic carbocycles. The molecule has 0 aromatic heterocycles. The van der Waals surface area contributed by atoms with Crippen LogP contribution >= 0.6 is 0 Å². The fourth-order valence-corrected chi connectivity index (χ4v) is 4.07. The van der Waals surface area contributed by atoms with Gasteiger partial charge in [-0.2, -0.15) is 9.57 Å². The summed E-state index contributed by atoms with van der Waals surface area (Å²) in [6.07, 6.45) is 1.39. The highest BCUT2D eigenvalue weighted by Crippen LogP contribution is 2.32. The Bertz CT molecular complexity index is 613. The lowest BCUT2D eigenvalue weighted by Crippen LogP contribution is -2.63. The molecule has 1 N–H and O–H groups in total. The van der Waals surface area contributed by atoms with Gasteiger partial charge in [0, 0.05) is 13.1 Å². The first-order chi connectivity index (χ1) is 8.93. The number of nitriles is 1. The first-order valence-corrected chi connectivity index (χ1v) is 7.58. The minimum Gasteiger partial charge on any atom is -0.387 e. The number of aliphatic hydroxyl groups is 1. The third-order valence-corrected chi connectivity index (χ3v) is 5.13. The van der Waals surface area contributed by atoms with Crippen molar-refractivity contribution in [3.05, 3.63) is 29.8 Å². The van der Waals surface area contributed by atoms with E-state index in [2.05, 4.69) is 0 Å². The summed E-state index contributed by atoms with van der Waals surface area (Å²) in [6, 6.07) is 8.00. The third kappa shape index (κ3) is 2.50. The SMILES string of the molecule is CCCC1(O)CN(S(=O)(=O)c2ccccc2C#N)C1. The Morgan fingerprint density at radius 1 is 1.42 bits per heavy atom. The molecule has 19 heavy (non-hydrogen) atoms. The van der Waals surface area contributed by atoms with Crippen LogP contribution in [0.4, 0.5) is 0 Å².